The zero-order valence-corrected chi connectivity index (χ0v) is 15.5. The van der Waals surface area contributed by atoms with E-state index < -0.39 is 5.54 Å². The first kappa shape index (κ1) is 18.9. The van der Waals surface area contributed by atoms with Crippen molar-refractivity contribution >= 4 is 34.2 Å². The van der Waals surface area contributed by atoms with Crippen LogP contribution in [0.2, 0.25) is 0 Å². The van der Waals surface area contributed by atoms with Crippen LogP contribution in [0.15, 0.2) is 53.0 Å². The minimum absolute atomic E-state index is 0. The van der Waals surface area contributed by atoms with E-state index in [0.717, 1.165) is 22.0 Å². The molecule has 3 unspecified atom stereocenters. The fourth-order valence-corrected chi connectivity index (χ4v) is 2.97. The molecule has 6 heteroatoms. The molecule has 1 fully saturated rings. The van der Waals surface area contributed by atoms with Crippen molar-refractivity contribution in [2.75, 3.05) is 0 Å². The Balaban J connectivity index is 0.00000208. The maximum Gasteiger partial charge on any atom is 0.244 e. The van der Waals surface area contributed by atoms with Gasteiger partial charge in [-0.05, 0) is 48.7 Å². The highest BCUT2D eigenvalue weighted by atomic mass is 79.9. The van der Waals surface area contributed by atoms with E-state index in [1.165, 1.54) is 12.1 Å². The third-order valence-electron chi connectivity index (χ3n) is 4.30. The quantitative estimate of drug-likeness (QED) is 0.800. The Hall–Kier alpha value is -1.43. The average Bonchev–Trinajstić information content (AvgIpc) is 3.27. The van der Waals surface area contributed by atoms with Crippen LogP contribution < -0.4 is 11.1 Å². The molecule has 0 bridgehead atoms. The smallest absolute Gasteiger partial charge is 0.244 e. The SMILES string of the molecule is CC(N)(C(=O)NC1CC1c1cccc(F)c1)c1ccc(Br)cc1.Cl. The summed E-state index contributed by atoms with van der Waals surface area (Å²) in [6, 6.07) is 13.9. The molecule has 0 aliphatic heterocycles. The molecule has 24 heavy (non-hydrogen) atoms. The molecule has 0 radical (unpaired) electrons. The van der Waals surface area contributed by atoms with E-state index >= 15 is 0 Å². The summed E-state index contributed by atoms with van der Waals surface area (Å²) in [6.45, 7) is 1.70. The Labute approximate surface area is 155 Å². The number of nitrogens with two attached hydrogens (primary N) is 1. The van der Waals surface area contributed by atoms with Gasteiger partial charge in [-0.15, -0.1) is 12.4 Å². The predicted octanol–water partition coefficient (Wildman–Crippen LogP) is 3.86. The number of benzene rings is 2. The molecule has 0 heterocycles. The molecule has 0 aromatic heterocycles. The van der Waals surface area contributed by atoms with Crippen LogP contribution in [-0.2, 0) is 10.3 Å². The van der Waals surface area contributed by atoms with Gasteiger partial charge in [0.05, 0.1) is 0 Å². The summed E-state index contributed by atoms with van der Waals surface area (Å²) in [5, 5.41) is 2.98. The Kier molecular flexibility index (Phi) is 5.68. The lowest BCUT2D eigenvalue weighted by molar-refractivity contribution is -0.126. The van der Waals surface area contributed by atoms with Crippen LogP contribution in [0.1, 0.15) is 30.4 Å². The van der Waals surface area contributed by atoms with Gasteiger partial charge in [-0.25, -0.2) is 4.39 Å². The van der Waals surface area contributed by atoms with E-state index in [2.05, 4.69) is 21.2 Å². The van der Waals surface area contributed by atoms with Gasteiger partial charge in [-0.2, -0.15) is 0 Å². The van der Waals surface area contributed by atoms with Gasteiger partial charge >= 0.3 is 0 Å². The molecule has 1 amide bonds. The van der Waals surface area contributed by atoms with Crippen LogP contribution in [0.4, 0.5) is 4.39 Å². The van der Waals surface area contributed by atoms with Crippen LogP contribution in [-0.4, -0.2) is 11.9 Å². The topological polar surface area (TPSA) is 55.1 Å². The fourth-order valence-electron chi connectivity index (χ4n) is 2.71. The van der Waals surface area contributed by atoms with Crippen molar-refractivity contribution in [3.05, 3.63) is 69.9 Å². The number of halogens is 3. The molecule has 3 atom stereocenters. The van der Waals surface area contributed by atoms with Gasteiger partial charge in [-0.1, -0.05) is 40.2 Å². The number of nitrogens with one attached hydrogen (secondary N) is 1. The van der Waals surface area contributed by atoms with Gasteiger partial charge in [0.15, 0.2) is 0 Å². The largest absolute Gasteiger partial charge is 0.351 e. The third-order valence-corrected chi connectivity index (χ3v) is 4.83. The van der Waals surface area contributed by atoms with Crippen molar-refractivity contribution in [2.45, 2.75) is 30.8 Å². The number of carbonyl (C=O) groups excluding carboxylic acids is 1. The van der Waals surface area contributed by atoms with Gasteiger partial charge in [0, 0.05) is 16.4 Å². The van der Waals surface area contributed by atoms with E-state index in [4.69, 9.17) is 5.73 Å². The van der Waals surface area contributed by atoms with Crippen molar-refractivity contribution in [2.24, 2.45) is 5.73 Å². The lowest BCUT2D eigenvalue weighted by Gasteiger charge is -2.24. The highest BCUT2D eigenvalue weighted by Crippen LogP contribution is 2.41. The Morgan fingerprint density at radius 2 is 1.96 bits per heavy atom. The lowest BCUT2D eigenvalue weighted by Crippen LogP contribution is -2.49. The summed E-state index contributed by atoms with van der Waals surface area (Å²) in [5.41, 5.74) is 6.79. The van der Waals surface area contributed by atoms with Gasteiger partial charge in [0.25, 0.3) is 0 Å². The number of amides is 1. The first-order valence-electron chi connectivity index (χ1n) is 7.49. The van der Waals surface area contributed by atoms with Crippen LogP contribution in [0.25, 0.3) is 0 Å². The molecule has 2 aromatic rings. The van der Waals surface area contributed by atoms with Crippen molar-refractivity contribution < 1.29 is 9.18 Å². The Morgan fingerprint density at radius 3 is 2.58 bits per heavy atom. The summed E-state index contributed by atoms with van der Waals surface area (Å²) in [4.78, 5) is 12.5. The monoisotopic (exact) mass is 412 g/mol. The zero-order valence-electron chi connectivity index (χ0n) is 13.1. The normalized spacial score (nSPS) is 21.3. The standard InChI is InChI=1S/C18H18BrFN2O.ClH/c1-18(21,12-5-7-13(19)8-6-12)17(23)22-16-10-15(16)11-3-2-4-14(20)9-11;/h2-9,15-16H,10,21H2,1H3,(H,22,23);1H. The Morgan fingerprint density at radius 1 is 1.29 bits per heavy atom. The molecule has 0 spiro atoms. The summed E-state index contributed by atoms with van der Waals surface area (Å²) in [5.74, 6) is -0.308. The molecular formula is C18H19BrClFN2O. The van der Waals surface area contributed by atoms with Crippen LogP contribution in [0.3, 0.4) is 0 Å². The molecule has 1 aliphatic rings. The second-order valence-electron chi connectivity index (χ2n) is 6.19. The van der Waals surface area contributed by atoms with E-state index in [0.29, 0.717) is 0 Å². The zero-order chi connectivity index (χ0) is 16.6. The maximum atomic E-state index is 13.3. The number of rotatable bonds is 4. The lowest BCUT2D eigenvalue weighted by atomic mass is 9.92. The molecule has 128 valence electrons. The van der Waals surface area contributed by atoms with Crippen LogP contribution in [0, 0.1) is 5.82 Å². The minimum Gasteiger partial charge on any atom is -0.351 e. The number of hydrogen-bond donors (Lipinski definition) is 2. The highest BCUT2D eigenvalue weighted by Gasteiger charge is 2.42. The molecule has 0 saturated heterocycles. The predicted molar refractivity (Wildman–Crippen MR) is 98.6 cm³/mol. The Bertz CT molecular complexity index is 736. The first-order chi connectivity index (χ1) is 10.9. The minimum atomic E-state index is -1.10. The van der Waals surface area contributed by atoms with Gasteiger partial charge < -0.3 is 11.1 Å². The second-order valence-corrected chi connectivity index (χ2v) is 7.10. The van der Waals surface area contributed by atoms with E-state index in [1.54, 1.807) is 13.0 Å². The number of hydrogen-bond acceptors (Lipinski definition) is 2. The number of carbonyl (C=O) groups is 1. The summed E-state index contributed by atoms with van der Waals surface area (Å²) < 4.78 is 14.2. The molecule has 3 rings (SSSR count). The van der Waals surface area contributed by atoms with E-state index in [9.17, 15) is 9.18 Å². The van der Waals surface area contributed by atoms with Crippen LogP contribution >= 0.6 is 28.3 Å². The first-order valence-corrected chi connectivity index (χ1v) is 8.28. The van der Waals surface area contributed by atoms with Crippen LogP contribution in [0.5, 0.6) is 0 Å². The molecule has 2 aromatic carbocycles. The van der Waals surface area contributed by atoms with E-state index in [-0.39, 0.29) is 36.1 Å². The van der Waals surface area contributed by atoms with Crippen molar-refractivity contribution in [3.63, 3.8) is 0 Å². The molecular weight excluding hydrogens is 395 g/mol. The van der Waals surface area contributed by atoms with Gasteiger partial charge in [-0.3, -0.25) is 4.79 Å². The van der Waals surface area contributed by atoms with E-state index in [1.807, 2.05) is 30.3 Å². The highest BCUT2D eigenvalue weighted by molar-refractivity contribution is 9.10. The summed E-state index contributed by atoms with van der Waals surface area (Å²) >= 11 is 3.37. The maximum absolute atomic E-state index is 13.3. The van der Waals surface area contributed by atoms with Gasteiger partial charge in [0.1, 0.15) is 11.4 Å². The van der Waals surface area contributed by atoms with Gasteiger partial charge in [0.2, 0.25) is 5.91 Å². The summed E-state index contributed by atoms with van der Waals surface area (Å²) in [7, 11) is 0. The fraction of sp³-hybridized carbons (Fsp3) is 0.278. The second kappa shape index (κ2) is 7.21. The van der Waals surface area contributed by atoms with Crippen molar-refractivity contribution in [3.8, 4) is 0 Å². The average molecular weight is 414 g/mol. The summed E-state index contributed by atoms with van der Waals surface area (Å²) in [6.07, 6.45) is 0.811. The molecule has 1 aliphatic carbocycles. The van der Waals surface area contributed by atoms with Crippen molar-refractivity contribution in [1.29, 1.82) is 0 Å². The molecule has 3 nitrogen and oxygen atoms in total. The molecule has 1 saturated carbocycles. The molecule has 3 N–H and O–H groups in total. The van der Waals surface area contributed by atoms with Crippen molar-refractivity contribution in [1.82, 2.24) is 5.32 Å². The third kappa shape index (κ3) is 3.97.